The number of ether oxygens (including phenoxy) is 2. The van der Waals surface area contributed by atoms with E-state index in [1.54, 1.807) is 6.07 Å². The molecule has 35 heavy (non-hydrogen) atoms. The maximum Gasteiger partial charge on any atom is 0.338 e. The van der Waals surface area contributed by atoms with Gasteiger partial charge in [0.1, 0.15) is 29.6 Å². The molecule has 0 saturated carbocycles. The van der Waals surface area contributed by atoms with E-state index < -0.39 is 5.92 Å². The van der Waals surface area contributed by atoms with Crippen LogP contribution in [-0.2, 0) is 25.7 Å². The number of esters is 1. The van der Waals surface area contributed by atoms with E-state index in [2.05, 4.69) is 27.7 Å². The van der Waals surface area contributed by atoms with Crippen LogP contribution in [0.1, 0.15) is 81.0 Å². The summed E-state index contributed by atoms with van der Waals surface area (Å²) >= 11 is 0. The van der Waals surface area contributed by atoms with Gasteiger partial charge in [0, 0.05) is 48.0 Å². The molecule has 4 aliphatic rings. The lowest BCUT2D eigenvalue weighted by Gasteiger charge is -2.42. The maximum absolute atomic E-state index is 13.4. The molecule has 1 aromatic heterocycles. The average Bonchev–Trinajstić information content (AvgIpc) is 3.37. The summed E-state index contributed by atoms with van der Waals surface area (Å²) in [6, 6.07) is 9.19. The molecule has 2 aliphatic heterocycles. The summed E-state index contributed by atoms with van der Waals surface area (Å²) in [5, 5.41) is 0. The summed E-state index contributed by atoms with van der Waals surface area (Å²) in [6.45, 7) is 8.53. The topological polar surface area (TPSA) is 82.8 Å². The largest absolute Gasteiger partial charge is 0.465 e. The molecule has 6 heteroatoms. The molecule has 0 spiro atoms. The van der Waals surface area contributed by atoms with Gasteiger partial charge in [-0.25, -0.2) is 4.79 Å². The zero-order valence-corrected chi connectivity index (χ0v) is 20.4. The number of furan rings is 1. The molecule has 0 amide bonds. The minimum atomic E-state index is -0.561. The van der Waals surface area contributed by atoms with Gasteiger partial charge in [-0.1, -0.05) is 33.8 Å². The minimum absolute atomic E-state index is 0.0107. The predicted molar refractivity (Wildman–Crippen MR) is 127 cm³/mol. The third-order valence-corrected chi connectivity index (χ3v) is 7.46. The number of hydrogen-bond donors (Lipinski definition) is 0. The first-order valence-electron chi connectivity index (χ1n) is 12.1. The molecule has 0 radical (unpaired) electrons. The monoisotopic (exact) mass is 472 g/mol. The van der Waals surface area contributed by atoms with E-state index in [-0.39, 0.29) is 35.0 Å². The quantitative estimate of drug-likeness (QED) is 0.497. The van der Waals surface area contributed by atoms with E-state index in [4.69, 9.17) is 13.9 Å². The van der Waals surface area contributed by atoms with Crippen molar-refractivity contribution in [1.82, 2.24) is 0 Å². The Morgan fingerprint density at radius 2 is 1.43 bits per heavy atom. The third-order valence-electron chi connectivity index (χ3n) is 7.46. The van der Waals surface area contributed by atoms with Crippen LogP contribution in [0.25, 0.3) is 11.3 Å². The Bertz CT molecular complexity index is 1330. The van der Waals surface area contributed by atoms with Crippen molar-refractivity contribution in [3.05, 3.63) is 69.9 Å². The summed E-state index contributed by atoms with van der Waals surface area (Å²) in [5.74, 6) is 1.67. The molecule has 0 fully saturated rings. The van der Waals surface area contributed by atoms with Crippen LogP contribution in [0.4, 0.5) is 0 Å². The number of carbonyl (C=O) groups is 3. The third kappa shape index (κ3) is 3.58. The van der Waals surface area contributed by atoms with E-state index in [1.807, 2.05) is 24.3 Å². The average molecular weight is 473 g/mol. The molecule has 6 nitrogen and oxygen atoms in total. The molecule has 0 N–H and O–H groups in total. The summed E-state index contributed by atoms with van der Waals surface area (Å²) in [7, 11) is 0. The molecular formula is C29H28O6. The van der Waals surface area contributed by atoms with Gasteiger partial charge >= 0.3 is 5.97 Å². The van der Waals surface area contributed by atoms with Crippen LogP contribution in [-0.4, -0.2) is 17.5 Å². The number of allylic oxidation sites excluding steroid dienone is 4. The van der Waals surface area contributed by atoms with Crippen LogP contribution in [0.3, 0.4) is 0 Å². The predicted octanol–water partition coefficient (Wildman–Crippen LogP) is 6.02. The molecule has 0 saturated heterocycles. The Morgan fingerprint density at radius 3 is 2.06 bits per heavy atom. The molecule has 0 bridgehead atoms. The lowest BCUT2D eigenvalue weighted by Crippen LogP contribution is -2.37. The molecule has 2 aliphatic carbocycles. The molecule has 0 atom stereocenters. The van der Waals surface area contributed by atoms with Crippen molar-refractivity contribution < 1.29 is 28.3 Å². The highest BCUT2D eigenvalue weighted by Gasteiger charge is 2.48. The number of hydrogen-bond acceptors (Lipinski definition) is 6. The van der Waals surface area contributed by atoms with Gasteiger partial charge in [0.25, 0.3) is 0 Å². The van der Waals surface area contributed by atoms with Gasteiger partial charge in [-0.15, -0.1) is 0 Å². The Balaban J connectivity index is 1.46. The Morgan fingerprint density at radius 1 is 0.800 bits per heavy atom. The Kier molecular flexibility index (Phi) is 4.60. The fraction of sp³-hybridized carbons (Fsp3) is 0.414. The van der Waals surface area contributed by atoms with E-state index in [9.17, 15) is 14.4 Å². The van der Waals surface area contributed by atoms with E-state index in [0.717, 1.165) is 11.1 Å². The fourth-order valence-corrected chi connectivity index (χ4v) is 5.91. The first kappa shape index (κ1) is 22.1. The standard InChI is InChI=1S/C29H28O6/c1-28(2)10-18(30)24-22(12-28)35-23-13-29(3,4)11-19(31)25(23)26(24)21-8-7-20(34-21)15-5-6-17-16(9-15)14-33-27(17)32/h5-9,26H,10-14H2,1-4H3. The SMILES string of the molecule is CC1(C)CC(=O)C2=C(C1)OC1=C(C(=O)CC(C)(C)C1)C2c1ccc(-c2ccc3c(c2)COC3=O)o1. The number of cyclic esters (lactones) is 1. The summed E-state index contributed by atoms with van der Waals surface area (Å²) in [5.41, 5.74) is 2.92. The van der Waals surface area contributed by atoms with Crippen molar-refractivity contribution in [2.24, 2.45) is 10.8 Å². The van der Waals surface area contributed by atoms with Gasteiger partial charge < -0.3 is 13.9 Å². The van der Waals surface area contributed by atoms with Crippen molar-refractivity contribution in [1.29, 1.82) is 0 Å². The van der Waals surface area contributed by atoms with Gasteiger partial charge in [-0.3, -0.25) is 9.59 Å². The number of ketones is 2. The van der Waals surface area contributed by atoms with Crippen molar-refractivity contribution >= 4 is 17.5 Å². The second kappa shape index (κ2) is 7.30. The zero-order valence-electron chi connectivity index (χ0n) is 20.4. The summed E-state index contributed by atoms with van der Waals surface area (Å²) in [6.07, 6.45) is 2.09. The second-order valence-corrected chi connectivity index (χ2v) is 11.7. The summed E-state index contributed by atoms with van der Waals surface area (Å²) < 4.78 is 17.8. The van der Waals surface area contributed by atoms with Crippen LogP contribution in [0.2, 0.25) is 0 Å². The maximum atomic E-state index is 13.4. The highest BCUT2D eigenvalue weighted by molar-refractivity contribution is 6.06. The van der Waals surface area contributed by atoms with Crippen LogP contribution < -0.4 is 0 Å². The second-order valence-electron chi connectivity index (χ2n) is 11.7. The number of carbonyl (C=O) groups excluding carboxylic acids is 3. The minimum Gasteiger partial charge on any atom is -0.465 e. The zero-order chi connectivity index (χ0) is 24.7. The van der Waals surface area contributed by atoms with Gasteiger partial charge in [-0.2, -0.15) is 0 Å². The van der Waals surface area contributed by atoms with Gasteiger partial charge in [0.15, 0.2) is 11.6 Å². The highest BCUT2D eigenvalue weighted by Crippen LogP contribution is 2.53. The lowest BCUT2D eigenvalue weighted by atomic mass is 9.66. The van der Waals surface area contributed by atoms with Crippen molar-refractivity contribution in [2.45, 2.75) is 65.9 Å². The fourth-order valence-electron chi connectivity index (χ4n) is 5.91. The van der Waals surface area contributed by atoms with Crippen LogP contribution >= 0.6 is 0 Å². The first-order valence-corrected chi connectivity index (χ1v) is 12.1. The van der Waals surface area contributed by atoms with Gasteiger partial charge in [0.05, 0.1) is 11.5 Å². The molecule has 0 unspecified atom stereocenters. The van der Waals surface area contributed by atoms with Gasteiger partial charge in [-0.05, 0) is 35.1 Å². The molecule has 180 valence electrons. The smallest absolute Gasteiger partial charge is 0.338 e. The van der Waals surface area contributed by atoms with Crippen molar-refractivity contribution in [3.63, 3.8) is 0 Å². The number of fused-ring (bicyclic) bond motifs is 1. The number of rotatable bonds is 2. The Hall–Kier alpha value is -3.41. The molecular weight excluding hydrogens is 444 g/mol. The number of Topliss-reactive ketones (excluding diaryl/α,β-unsaturated/α-hetero) is 2. The highest BCUT2D eigenvalue weighted by atomic mass is 16.5. The Labute approximate surface area is 204 Å². The van der Waals surface area contributed by atoms with E-state index in [1.165, 1.54) is 0 Å². The summed E-state index contributed by atoms with van der Waals surface area (Å²) in [4.78, 5) is 38.6. The van der Waals surface area contributed by atoms with Crippen LogP contribution in [0, 0.1) is 10.8 Å². The van der Waals surface area contributed by atoms with Gasteiger partial charge in [0.2, 0.25) is 0 Å². The van der Waals surface area contributed by atoms with E-state index in [0.29, 0.717) is 65.4 Å². The van der Waals surface area contributed by atoms with Crippen molar-refractivity contribution in [2.75, 3.05) is 0 Å². The lowest BCUT2D eigenvalue weighted by molar-refractivity contribution is -0.120. The normalized spacial score (nSPS) is 23.0. The molecule has 3 heterocycles. The number of benzene rings is 1. The first-order chi connectivity index (χ1) is 16.5. The van der Waals surface area contributed by atoms with Crippen LogP contribution in [0.5, 0.6) is 0 Å². The molecule has 2 aromatic rings. The van der Waals surface area contributed by atoms with E-state index >= 15 is 0 Å². The molecule has 6 rings (SSSR count). The molecule has 1 aromatic carbocycles. The van der Waals surface area contributed by atoms with Crippen molar-refractivity contribution in [3.8, 4) is 11.3 Å². The van der Waals surface area contributed by atoms with Crippen LogP contribution in [0.15, 0.2) is 57.4 Å².